The third-order valence-electron chi connectivity index (χ3n) is 3.93. The summed E-state index contributed by atoms with van der Waals surface area (Å²) in [5.41, 5.74) is 0.237. The molecule has 1 aliphatic carbocycles. The van der Waals surface area contributed by atoms with Crippen molar-refractivity contribution in [2.75, 3.05) is 13.2 Å². The Morgan fingerprint density at radius 1 is 1.53 bits per heavy atom. The van der Waals surface area contributed by atoms with Crippen molar-refractivity contribution in [3.05, 3.63) is 0 Å². The van der Waals surface area contributed by atoms with Crippen molar-refractivity contribution in [1.29, 1.82) is 5.26 Å². The second-order valence-electron chi connectivity index (χ2n) is 5.26. The van der Waals surface area contributed by atoms with E-state index in [9.17, 15) is 0 Å². The van der Waals surface area contributed by atoms with Gasteiger partial charge in [-0.3, -0.25) is 0 Å². The van der Waals surface area contributed by atoms with Crippen LogP contribution >= 0.6 is 0 Å². The van der Waals surface area contributed by atoms with E-state index < -0.39 is 0 Å². The van der Waals surface area contributed by atoms with Crippen LogP contribution < -0.4 is 5.32 Å². The number of ether oxygens (including phenoxy) is 1. The van der Waals surface area contributed by atoms with Crippen LogP contribution in [0.25, 0.3) is 0 Å². The van der Waals surface area contributed by atoms with Crippen LogP contribution in [0.5, 0.6) is 0 Å². The second kappa shape index (κ2) is 4.11. The molecular formula is C12H20N2O. The van der Waals surface area contributed by atoms with Gasteiger partial charge in [0.2, 0.25) is 0 Å². The van der Waals surface area contributed by atoms with Gasteiger partial charge in [-0.15, -0.1) is 0 Å². The standard InChI is InChI=1S/C12H20N2O/c1-12(2)10(14-7-4-6-13)9-5-3-8-15-11(9)12/h9-11,14H,3-5,7-8H2,1-2H3. The Bertz CT molecular complexity index is 269. The predicted molar refractivity (Wildman–Crippen MR) is 58.3 cm³/mol. The van der Waals surface area contributed by atoms with Crippen LogP contribution in [0.2, 0.25) is 0 Å². The van der Waals surface area contributed by atoms with Gasteiger partial charge in [0.1, 0.15) is 0 Å². The molecule has 84 valence electrons. The maximum Gasteiger partial charge on any atom is 0.0684 e. The average Bonchev–Trinajstić information content (AvgIpc) is 2.24. The number of nitriles is 1. The first-order chi connectivity index (χ1) is 7.18. The van der Waals surface area contributed by atoms with Crippen molar-refractivity contribution >= 4 is 0 Å². The van der Waals surface area contributed by atoms with E-state index in [1.165, 1.54) is 12.8 Å². The van der Waals surface area contributed by atoms with Gasteiger partial charge in [-0.2, -0.15) is 5.26 Å². The van der Waals surface area contributed by atoms with Crippen molar-refractivity contribution in [2.45, 2.75) is 45.3 Å². The Morgan fingerprint density at radius 3 is 3.07 bits per heavy atom. The Balaban J connectivity index is 1.91. The van der Waals surface area contributed by atoms with Crippen LogP contribution in [-0.2, 0) is 4.74 Å². The van der Waals surface area contributed by atoms with E-state index in [-0.39, 0.29) is 5.41 Å². The van der Waals surface area contributed by atoms with Gasteiger partial charge in [-0.05, 0) is 12.8 Å². The molecule has 1 heterocycles. The van der Waals surface area contributed by atoms with Crippen LogP contribution in [0, 0.1) is 22.7 Å². The van der Waals surface area contributed by atoms with Gasteiger partial charge >= 0.3 is 0 Å². The van der Waals surface area contributed by atoms with E-state index >= 15 is 0 Å². The molecule has 2 fully saturated rings. The van der Waals surface area contributed by atoms with Crippen LogP contribution in [0.3, 0.4) is 0 Å². The monoisotopic (exact) mass is 208 g/mol. The van der Waals surface area contributed by atoms with Gasteiger partial charge in [0.25, 0.3) is 0 Å². The quantitative estimate of drug-likeness (QED) is 0.718. The molecule has 0 bridgehead atoms. The molecule has 0 aromatic carbocycles. The summed E-state index contributed by atoms with van der Waals surface area (Å²) < 4.78 is 5.82. The predicted octanol–water partition coefficient (Wildman–Crippen LogP) is 1.69. The molecule has 15 heavy (non-hydrogen) atoms. The minimum absolute atomic E-state index is 0.237. The van der Waals surface area contributed by atoms with E-state index in [1.807, 2.05) is 0 Å². The highest BCUT2D eigenvalue weighted by atomic mass is 16.5. The van der Waals surface area contributed by atoms with Crippen LogP contribution in [0.4, 0.5) is 0 Å². The molecule has 0 amide bonds. The average molecular weight is 208 g/mol. The first-order valence-corrected chi connectivity index (χ1v) is 5.90. The lowest BCUT2D eigenvalue weighted by Gasteiger charge is -2.60. The Kier molecular flexibility index (Phi) is 2.99. The topological polar surface area (TPSA) is 45.0 Å². The van der Waals surface area contributed by atoms with E-state index in [0.717, 1.165) is 13.2 Å². The fourth-order valence-electron chi connectivity index (χ4n) is 3.22. The smallest absolute Gasteiger partial charge is 0.0684 e. The van der Waals surface area contributed by atoms with Gasteiger partial charge in [-0.1, -0.05) is 13.8 Å². The van der Waals surface area contributed by atoms with Crippen LogP contribution in [0.15, 0.2) is 0 Å². The number of nitrogens with one attached hydrogen (secondary N) is 1. The maximum atomic E-state index is 8.52. The maximum absolute atomic E-state index is 8.52. The summed E-state index contributed by atoms with van der Waals surface area (Å²) >= 11 is 0. The summed E-state index contributed by atoms with van der Waals surface area (Å²) in [6.07, 6.45) is 3.50. The Labute approximate surface area is 91.8 Å². The van der Waals surface area contributed by atoms with Gasteiger partial charge in [0.05, 0.1) is 12.2 Å². The molecule has 3 heteroatoms. The number of hydrogen-bond donors (Lipinski definition) is 1. The van der Waals surface area contributed by atoms with Crippen LogP contribution in [-0.4, -0.2) is 25.3 Å². The van der Waals surface area contributed by atoms with Crippen molar-refractivity contribution < 1.29 is 4.74 Å². The molecule has 2 aliphatic rings. The molecule has 0 aromatic heterocycles. The van der Waals surface area contributed by atoms with Crippen molar-refractivity contribution in [3.8, 4) is 6.07 Å². The zero-order valence-corrected chi connectivity index (χ0v) is 9.62. The largest absolute Gasteiger partial charge is 0.377 e. The van der Waals surface area contributed by atoms with E-state index in [1.54, 1.807) is 0 Å². The Morgan fingerprint density at radius 2 is 2.33 bits per heavy atom. The second-order valence-corrected chi connectivity index (χ2v) is 5.26. The summed E-state index contributed by atoms with van der Waals surface area (Å²) in [6.45, 7) is 6.27. The molecule has 0 radical (unpaired) electrons. The fourth-order valence-corrected chi connectivity index (χ4v) is 3.22. The molecule has 1 N–H and O–H groups in total. The molecule has 1 saturated carbocycles. The third kappa shape index (κ3) is 1.77. The Hall–Kier alpha value is -0.590. The molecule has 3 atom stereocenters. The van der Waals surface area contributed by atoms with Gasteiger partial charge in [-0.25, -0.2) is 0 Å². The van der Waals surface area contributed by atoms with Gasteiger partial charge in [0, 0.05) is 36.9 Å². The minimum atomic E-state index is 0.237. The van der Waals surface area contributed by atoms with E-state index in [0.29, 0.717) is 24.5 Å². The van der Waals surface area contributed by atoms with Crippen molar-refractivity contribution in [2.24, 2.45) is 11.3 Å². The first-order valence-electron chi connectivity index (χ1n) is 5.90. The molecule has 1 saturated heterocycles. The number of nitrogens with zero attached hydrogens (tertiary/aromatic N) is 1. The molecule has 0 aromatic rings. The van der Waals surface area contributed by atoms with E-state index in [2.05, 4.69) is 25.2 Å². The molecular weight excluding hydrogens is 188 g/mol. The highest BCUT2D eigenvalue weighted by molar-refractivity contribution is 5.10. The lowest BCUT2D eigenvalue weighted by atomic mass is 9.55. The van der Waals surface area contributed by atoms with E-state index in [4.69, 9.17) is 10.00 Å². The first kappa shape index (κ1) is 10.9. The number of fused-ring (bicyclic) bond motifs is 1. The summed E-state index contributed by atoms with van der Waals surface area (Å²) in [5.74, 6) is 0.674. The summed E-state index contributed by atoms with van der Waals surface area (Å²) in [6, 6.07) is 2.71. The van der Waals surface area contributed by atoms with Crippen molar-refractivity contribution in [3.63, 3.8) is 0 Å². The lowest BCUT2D eigenvalue weighted by Crippen LogP contribution is -2.69. The third-order valence-corrected chi connectivity index (χ3v) is 3.93. The molecule has 0 spiro atoms. The van der Waals surface area contributed by atoms with Crippen molar-refractivity contribution in [1.82, 2.24) is 5.32 Å². The molecule has 3 nitrogen and oxygen atoms in total. The van der Waals surface area contributed by atoms with Crippen LogP contribution in [0.1, 0.15) is 33.1 Å². The van der Waals surface area contributed by atoms with Gasteiger partial charge < -0.3 is 10.1 Å². The number of rotatable bonds is 3. The molecule has 2 rings (SSSR count). The summed E-state index contributed by atoms with van der Waals surface area (Å²) in [4.78, 5) is 0. The van der Waals surface area contributed by atoms with Gasteiger partial charge in [0.15, 0.2) is 0 Å². The summed E-state index contributed by atoms with van der Waals surface area (Å²) in [7, 11) is 0. The highest BCUT2D eigenvalue weighted by Gasteiger charge is 2.57. The highest BCUT2D eigenvalue weighted by Crippen LogP contribution is 2.51. The summed E-state index contributed by atoms with van der Waals surface area (Å²) in [5, 5.41) is 12.0. The SMILES string of the molecule is CC1(C)C(NCCC#N)C2CCCOC21. The molecule has 1 aliphatic heterocycles. The fraction of sp³-hybridized carbons (Fsp3) is 0.917. The normalized spacial score (nSPS) is 37.5. The minimum Gasteiger partial charge on any atom is -0.377 e. The lowest BCUT2D eigenvalue weighted by molar-refractivity contribution is -0.192. The molecule has 3 unspecified atom stereocenters. The zero-order valence-electron chi connectivity index (χ0n) is 9.62. The number of hydrogen-bond acceptors (Lipinski definition) is 3. The zero-order chi connectivity index (χ0) is 10.9.